The molecule has 3 rings (SSSR count). The summed E-state index contributed by atoms with van der Waals surface area (Å²) in [5, 5.41) is 8.58. The molecule has 0 unspecified atom stereocenters. The van der Waals surface area contributed by atoms with Gasteiger partial charge in [-0.3, -0.25) is 4.68 Å². The van der Waals surface area contributed by atoms with E-state index in [0.29, 0.717) is 5.92 Å². The fraction of sp³-hybridized carbons (Fsp3) is 0.417. The van der Waals surface area contributed by atoms with Crippen LogP contribution < -0.4 is 10.1 Å². The average Bonchev–Trinajstić information content (AvgIpc) is 2.60. The molecule has 1 N–H and O–H groups in total. The summed E-state index contributed by atoms with van der Waals surface area (Å²) in [6.45, 7) is 2.94. The Kier molecular flexibility index (Phi) is 2.29. The molecule has 1 saturated heterocycles. The van der Waals surface area contributed by atoms with Gasteiger partial charge in [0, 0.05) is 26.1 Å². The number of rotatable bonds is 3. The molecule has 0 atom stereocenters. The van der Waals surface area contributed by atoms with E-state index in [0.717, 1.165) is 36.3 Å². The van der Waals surface area contributed by atoms with Crippen molar-refractivity contribution in [2.75, 3.05) is 19.7 Å². The molecule has 84 valence electrons. The van der Waals surface area contributed by atoms with Crippen LogP contribution in [-0.4, -0.2) is 29.5 Å². The van der Waals surface area contributed by atoms with Crippen molar-refractivity contribution >= 4 is 10.9 Å². The summed E-state index contributed by atoms with van der Waals surface area (Å²) in [6, 6.07) is 6.08. The summed E-state index contributed by atoms with van der Waals surface area (Å²) in [5.41, 5.74) is 1.12. The molecule has 16 heavy (non-hydrogen) atoms. The molecule has 0 aliphatic carbocycles. The van der Waals surface area contributed by atoms with Gasteiger partial charge in [0.1, 0.15) is 5.75 Å². The summed E-state index contributed by atoms with van der Waals surface area (Å²) in [7, 11) is 1.95. The maximum atomic E-state index is 5.84. The van der Waals surface area contributed by atoms with E-state index in [4.69, 9.17) is 4.74 Å². The summed E-state index contributed by atoms with van der Waals surface area (Å²) < 4.78 is 7.71. The van der Waals surface area contributed by atoms with Crippen LogP contribution in [0.15, 0.2) is 24.4 Å². The highest BCUT2D eigenvalue weighted by molar-refractivity contribution is 5.85. The van der Waals surface area contributed by atoms with Gasteiger partial charge < -0.3 is 10.1 Å². The third-order valence-electron chi connectivity index (χ3n) is 3.09. The van der Waals surface area contributed by atoms with E-state index in [1.54, 1.807) is 0 Å². The number of ether oxygens (including phenoxy) is 1. The zero-order chi connectivity index (χ0) is 11.0. The molecule has 1 fully saturated rings. The van der Waals surface area contributed by atoms with Crippen LogP contribution in [0.25, 0.3) is 10.9 Å². The molecule has 1 aromatic heterocycles. The molecule has 1 aliphatic heterocycles. The monoisotopic (exact) mass is 217 g/mol. The molecule has 2 heterocycles. The minimum atomic E-state index is 0.659. The first kappa shape index (κ1) is 9.66. The number of hydrogen-bond donors (Lipinski definition) is 1. The van der Waals surface area contributed by atoms with Crippen LogP contribution in [0, 0.1) is 5.92 Å². The normalized spacial score (nSPS) is 16.3. The number of nitrogens with zero attached hydrogens (tertiary/aromatic N) is 2. The van der Waals surface area contributed by atoms with Crippen molar-refractivity contribution in [1.82, 2.24) is 15.1 Å². The Morgan fingerprint density at radius 3 is 3.12 bits per heavy atom. The lowest BCUT2D eigenvalue weighted by atomic mass is 10.1. The molecule has 0 amide bonds. The van der Waals surface area contributed by atoms with E-state index < -0.39 is 0 Å². The van der Waals surface area contributed by atoms with Gasteiger partial charge in [-0.1, -0.05) is 6.07 Å². The fourth-order valence-corrected chi connectivity index (χ4v) is 1.95. The first-order valence-corrected chi connectivity index (χ1v) is 5.59. The second kappa shape index (κ2) is 3.79. The van der Waals surface area contributed by atoms with Gasteiger partial charge in [0.05, 0.1) is 23.7 Å². The van der Waals surface area contributed by atoms with Crippen molar-refractivity contribution in [2.45, 2.75) is 0 Å². The molecular formula is C12H15N3O. The Hall–Kier alpha value is -1.55. The van der Waals surface area contributed by atoms with Gasteiger partial charge in [0.2, 0.25) is 0 Å². The van der Waals surface area contributed by atoms with E-state index in [9.17, 15) is 0 Å². The Labute approximate surface area is 94.2 Å². The molecule has 0 radical (unpaired) electrons. The quantitative estimate of drug-likeness (QED) is 0.839. The maximum Gasteiger partial charge on any atom is 0.130 e. The lowest BCUT2D eigenvalue weighted by molar-refractivity contribution is 0.201. The van der Waals surface area contributed by atoms with Gasteiger partial charge >= 0.3 is 0 Å². The fourth-order valence-electron chi connectivity index (χ4n) is 1.95. The van der Waals surface area contributed by atoms with Crippen LogP contribution in [0.4, 0.5) is 0 Å². The van der Waals surface area contributed by atoms with Crippen LogP contribution in [0.2, 0.25) is 0 Å². The maximum absolute atomic E-state index is 5.84. The number of hydrogen-bond acceptors (Lipinski definition) is 3. The zero-order valence-electron chi connectivity index (χ0n) is 9.31. The summed E-state index contributed by atoms with van der Waals surface area (Å²) in [4.78, 5) is 0. The topological polar surface area (TPSA) is 39.1 Å². The molecule has 0 saturated carbocycles. The third-order valence-corrected chi connectivity index (χ3v) is 3.09. The van der Waals surface area contributed by atoms with Gasteiger partial charge in [-0.25, -0.2) is 0 Å². The molecule has 2 aromatic rings. The van der Waals surface area contributed by atoms with Crippen LogP contribution >= 0.6 is 0 Å². The Bertz CT molecular complexity index is 502. The first-order valence-electron chi connectivity index (χ1n) is 5.59. The Balaban J connectivity index is 1.84. The van der Waals surface area contributed by atoms with E-state index in [-0.39, 0.29) is 0 Å². The molecule has 0 spiro atoms. The summed E-state index contributed by atoms with van der Waals surface area (Å²) in [5.74, 6) is 1.60. The lowest BCUT2D eigenvalue weighted by Gasteiger charge is -2.26. The van der Waals surface area contributed by atoms with E-state index in [1.165, 1.54) is 0 Å². The summed E-state index contributed by atoms with van der Waals surface area (Å²) in [6.07, 6.45) is 1.86. The Morgan fingerprint density at radius 2 is 2.38 bits per heavy atom. The van der Waals surface area contributed by atoms with E-state index in [2.05, 4.69) is 16.5 Å². The van der Waals surface area contributed by atoms with Crippen LogP contribution in [0.1, 0.15) is 0 Å². The van der Waals surface area contributed by atoms with Gasteiger partial charge in [-0.15, -0.1) is 0 Å². The van der Waals surface area contributed by atoms with Crippen molar-refractivity contribution in [1.29, 1.82) is 0 Å². The number of aromatic nitrogens is 2. The van der Waals surface area contributed by atoms with Gasteiger partial charge in [-0.05, 0) is 12.1 Å². The minimum absolute atomic E-state index is 0.659. The number of benzene rings is 1. The average molecular weight is 217 g/mol. The molecule has 1 aliphatic rings. The SMILES string of the molecule is Cn1ncc2c(OCC3CNC3)cccc21. The second-order valence-electron chi connectivity index (χ2n) is 4.29. The molecule has 0 bridgehead atoms. The highest BCUT2D eigenvalue weighted by Crippen LogP contribution is 2.25. The number of nitrogens with one attached hydrogen (secondary N) is 1. The standard InChI is InChI=1S/C12H15N3O/c1-15-11-3-2-4-12(10(11)7-14-15)16-8-9-5-13-6-9/h2-4,7,9,13H,5-6,8H2,1H3. The van der Waals surface area contributed by atoms with Gasteiger partial charge in [0.15, 0.2) is 0 Å². The lowest BCUT2D eigenvalue weighted by Crippen LogP contribution is -2.45. The van der Waals surface area contributed by atoms with Crippen LogP contribution in [0.3, 0.4) is 0 Å². The van der Waals surface area contributed by atoms with Crippen LogP contribution in [0.5, 0.6) is 5.75 Å². The van der Waals surface area contributed by atoms with Crippen molar-refractivity contribution in [3.05, 3.63) is 24.4 Å². The summed E-state index contributed by atoms with van der Waals surface area (Å²) >= 11 is 0. The highest BCUT2D eigenvalue weighted by Gasteiger charge is 2.17. The van der Waals surface area contributed by atoms with E-state index >= 15 is 0 Å². The third kappa shape index (κ3) is 1.55. The van der Waals surface area contributed by atoms with Crippen molar-refractivity contribution in [2.24, 2.45) is 13.0 Å². The molecule has 4 nitrogen and oxygen atoms in total. The second-order valence-corrected chi connectivity index (χ2v) is 4.29. The largest absolute Gasteiger partial charge is 0.492 e. The van der Waals surface area contributed by atoms with Crippen molar-refractivity contribution < 1.29 is 4.74 Å². The van der Waals surface area contributed by atoms with Crippen molar-refractivity contribution in [3.63, 3.8) is 0 Å². The van der Waals surface area contributed by atoms with Gasteiger partial charge in [-0.2, -0.15) is 5.10 Å². The minimum Gasteiger partial charge on any atom is -0.492 e. The predicted molar refractivity (Wildman–Crippen MR) is 62.6 cm³/mol. The van der Waals surface area contributed by atoms with Crippen molar-refractivity contribution in [3.8, 4) is 5.75 Å². The smallest absolute Gasteiger partial charge is 0.130 e. The highest BCUT2D eigenvalue weighted by atomic mass is 16.5. The zero-order valence-corrected chi connectivity index (χ0v) is 9.31. The van der Waals surface area contributed by atoms with Crippen LogP contribution in [-0.2, 0) is 7.05 Å². The predicted octanol–water partition coefficient (Wildman–Crippen LogP) is 1.17. The molecule has 1 aromatic carbocycles. The number of aryl methyl sites for hydroxylation is 1. The van der Waals surface area contributed by atoms with E-state index in [1.807, 2.05) is 30.1 Å². The number of fused-ring (bicyclic) bond motifs is 1. The Morgan fingerprint density at radius 1 is 1.50 bits per heavy atom. The first-order chi connectivity index (χ1) is 7.84. The molecule has 4 heteroatoms. The van der Waals surface area contributed by atoms with Gasteiger partial charge in [0.25, 0.3) is 0 Å². The molecular weight excluding hydrogens is 202 g/mol.